The molecule has 0 radical (unpaired) electrons. The Morgan fingerprint density at radius 2 is 1.81 bits per heavy atom. The minimum atomic E-state index is -0.585. The third-order valence-electron chi connectivity index (χ3n) is 6.27. The third-order valence-corrected chi connectivity index (χ3v) is 6.27. The number of fused-ring (bicyclic) bond motifs is 2. The molecule has 2 aliphatic heterocycles. The van der Waals surface area contributed by atoms with E-state index >= 15 is 0 Å². The Hall–Kier alpha value is -1.85. The Kier molecular flexibility index (Phi) is 3.99. The Bertz CT molecular complexity index is 945. The van der Waals surface area contributed by atoms with Crippen molar-refractivity contribution in [1.82, 2.24) is 4.98 Å². The predicted molar refractivity (Wildman–Crippen MR) is 105 cm³/mol. The average molecular weight is 371 g/mol. The molecule has 0 aliphatic carbocycles. The average Bonchev–Trinajstić information content (AvgIpc) is 2.94. The van der Waals surface area contributed by atoms with Crippen LogP contribution in [0.25, 0.3) is 10.9 Å². The summed E-state index contributed by atoms with van der Waals surface area (Å²) < 4.78 is 18.3. The number of pyridine rings is 1. The summed E-state index contributed by atoms with van der Waals surface area (Å²) in [6, 6.07) is 7.60. The second-order valence-corrected chi connectivity index (χ2v) is 9.13. The molecule has 5 nitrogen and oxygen atoms in total. The number of hydrogen-bond donors (Lipinski definition) is 1. The summed E-state index contributed by atoms with van der Waals surface area (Å²) in [6.07, 6.45) is 1.47. The highest BCUT2D eigenvalue weighted by molar-refractivity contribution is 5.80. The zero-order valence-corrected chi connectivity index (χ0v) is 17.0. The molecule has 4 rings (SSSR count). The highest BCUT2D eigenvalue weighted by Crippen LogP contribution is 2.46. The highest BCUT2D eigenvalue weighted by Gasteiger charge is 2.50. The van der Waals surface area contributed by atoms with E-state index < -0.39 is 5.79 Å². The second-order valence-electron chi connectivity index (χ2n) is 9.13. The maximum atomic E-state index is 13.3. The van der Waals surface area contributed by atoms with Crippen LogP contribution < -0.4 is 10.2 Å². The van der Waals surface area contributed by atoms with E-state index in [1.807, 2.05) is 45.0 Å². The van der Waals surface area contributed by atoms with Crippen molar-refractivity contribution in [2.24, 2.45) is 0 Å². The molecule has 2 aliphatic rings. The molecule has 1 aromatic heterocycles. The van der Waals surface area contributed by atoms with Crippen LogP contribution in [0.5, 0.6) is 5.88 Å². The first kappa shape index (κ1) is 18.5. The number of rotatable bonds is 3. The molecule has 1 fully saturated rings. The Morgan fingerprint density at radius 3 is 2.48 bits per heavy atom. The molecule has 0 unspecified atom stereocenters. The van der Waals surface area contributed by atoms with Gasteiger partial charge < -0.3 is 19.2 Å². The van der Waals surface area contributed by atoms with Crippen molar-refractivity contribution < 1.29 is 14.2 Å². The van der Waals surface area contributed by atoms with Gasteiger partial charge in [0.15, 0.2) is 17.1 Å². The lowest BCUT2D eigenvalue weighted by Crippen LogP contribution is -2.39. The molecule has 0 amide bonds. The van der Waals surface area contributed by atoms with Gasteiger partial charge in [-0.25, -0.2) is 0 Å². The van der Waals surface area contributed by atoms with Crippen LogP contribution in [-0.2, 0) is 14.9 Å². The van der Waals surface area contributed by atoms with Gasteiger partial charge in [0.25, 0.3) is 0 Å². The molecule has 3 heterocycles. The fourth-order valence-electron chi connectivity index (χ4n) is 4.70. The monoisotopic (exact) mass is 371 g/mol. The van der Waals surface area contributed by atoms with Crippen LogP contribution in [0.4, 0.5) is 0 Å². The van der Waals surface area contributed by atoms with Crippen LogP contribution in [0.2, 0.25) is 0 Å². The van der Waals surface area contributed by atoms with Crippen molar-refractivity contribution in [3.8, 4) is 5.88 Å². The lowest BCUT2D eigenvalue weighted by atomic mass is 9.74. The van der Waals surface area contributed by atoms with Gasteiger partial charge in [-0.05, 0) is 59.6 Å². The van der Waals surface area contributed by atoms with E-state index in [4.69, 9.17) is 14.2 Å². The third kappa shape index (κ3) is 2.88. The second kappa shape index (κ2) is 5.82. The normalized spacial score (nSPS) is 31.0. The van der Waals surface area contributed by atoms with Gasteiger partial charge in [-0.2, -0.15) is 0 Å². The summed E-state index contributed by atoms with van der Waals surface area (Å²) in [5, 5.41) is 0.710. The van der Waals surface area contributed by atoms with E-state index in [2.05, 4.69) is 25.8 Å². The maximum Gasteiger partial charge on any atom is 0.199 e. The van der Waals surface area contributed by atoms with Gasteiger partial charge in [0.05, 0.1) is 22.8 Å². The number of H-pyrrole nitrogens is 1. The van der Waals surface area contributed by atoms with Crippen molar-refractivity contribution in [2.45, 2.75) is 83.4 Å². The quantitative estimate of drug-likeness (QED) is 0.875. The molecule has 1 N–H and O–H groups in total. The van der Waals surface area contributed by atoms with Crippen molar-refractivity contribution >= 4 is 10.9 Å². The largest absolute Gasteiger partial charge is 0.475 e. The standard InChI is InChI=1S/C22H29NO4/c1-13-22(6,12-11-16-20(2,3)27-21(4,5)26-16)17-18(24)14-9-7-8-10-15(14)23-19(17)25-13/h7-10,13,16H,11-12H2,1-6H3,(H,23,24)/t13-,16+,22-/m0/s1. The number of hydrogen-bond acceptors (Lipinski definition) is 4. The first-order chi connectivity index (χ1) is 12.5. The summed E-state index contributed by atoms with van der Waals surface area (Å²) in [5.74, 6) is 0.0233. The molecule has 0 spiro atoms. The number of nitrogens with one attached hydrogen (secondary N) is 1. The minimum Gasteiger partial charge on any atom is -0.475 e. The van der Waals surface area contributed by atoms with Gasteiger partial charge in [0.1, 0.15) is 6.10 Å². The molecule has 5 heteroatoms. The van der Waals surface area contributed by atoms with E-state index in [1.54, 1.807) is 0 Å². The number of benzene rings is 1. The fourth-order valence-corrected chi connectivity index (χ4v) is 4.70. The summed E-state index contributed by atoms with van der Waals surface area (Å²) in [7, 11) is 0. The van der Waals surface area contributed by atoms with Crippen LogP contribution in [-0.4, -0.2) is 28.6 Å². The SMILES string of the molecule is C[C@@H]1Oc2[nH]c3ccccc3c(=O)c2[C@@]1(C)CC[C@H]1OC(C)(C)OC1(C)C. The van der Waals surface area contributed by atoms with Crippen LogP contribution in [0, 0.1) is 0 Å². The summed E-state index contributed by atoms with van der Waals surface area (Å²) in [5.41, 5.74) is 0.896. The first-order valence-corrected chi connectivity index (χ1v) is 9.74. The molecular weight excluding hydrogens is 342 g/mol. The van der Waals surface area contributed by atoms with Gasteiger partial charge in [0, 0.05) is 10.8 Å². The molecule has 27 heavy (non-hydrogen) atoms. The zero-order valence-electron chi connectivity index (χ0n) is 17.0. The molecule has 1 saturated heterocycles. The van der Waals surface area contributed by atoms with Crippen molar-refractivity contribution in [3.63, 3.8) is 0 Å². The number of ether oxygens (including phenoxy) is 3. The smallest absolute Gasteiger partial charge is 0.199 e. The van der Waals surface area contributed by atoms with Crippen LogP contribution in [0.3, 0.4) is 0 Å². The lowest BCUT2D eigenvalue weighted by molar-refractivity contribution is -0.157. The molecule has 146 valence electrons. The number of para-hydroxylation sites is 1. The summed E-state index contributed by atoms with van der Waals surface area (Å²) in [6.45, 7) is 12.2. The van der Waals surface area contributed by atoms with Crippen molar-refractivity contribution in [2.75, 3.05) is 0 Å². The molecule has 0 bridgehead atoms. The Labute approximate surface area is 160 Å². The van der Waals surface area contributed by atoms with E-state index in [0.29, 0.717) is 11.3 Å². The Morgan fingerprint density at radius 1 is 1.11 bits per heavy atom. The zero-order chi connectivity index (χ0) is 19.6. The maximum absolute atomic E-state index is 13.3. The van der Waals surface area contributed by atoms with Gasteiger partial charge >= 0.3 is 0 Å². The molecule has 0 saturated carbocycles. The van der Waals surface area contributed by atoms with Crippen LogP contribution >= 0.6 is 0 Å². The minimum absolute atomic E-state index is 0.0277. The van der Waals surface area contributed by atoms with Crippen LogP contribution in [0.15, 0.2) is 29.1 Å². The van der Waals surface area contributed by atoms with E-state index in [1.165, 1.54) is 0 Å². The van der Waals surface area contributed by atoms with Gasteiger partial charge in [-0.1, -0.05) is 19.1 Å². The van der Waals surface area contributed by atoms with E-state index in [9.17, 15) is 4.79 Å². The number of aromatic amines is 1. The fraction of sp³-hybridized carbons (Fsp3) is 0.591. The summed E-state index contributed by atoms with van der Waals surface area (Å²) >= 11 is 0. The highest BCUT2D eigenvalue weighted by atomic mass is 16.8. The van der Waals surface area contributed by atoms with Gasteiger partial charge in [-0.3, -0.25) is 4.79 Å². The van der Waals surface area contributed by atoms with Crippen molar-refractivity contribution in [1.29, 1.82) is 0 Å². The van der Waals surface area contributed by atoms with E-state index in [-0.39, 0.29) is 28.7 Å². The first-order valence-electron chi connectivity index (χ1n) is 9.74. The predicted octanol–water partition coefficient (Wildman–Crippen LogP) is 4.28. The topological polar surface area (TPSA) is 60.6 Å². The van der Waals surface area contributed by atoms with Crippen molar-refractivity contribution in [3.05, 3.63) is 40.1 Å². The molecule has 1 aromatic carbocycles. The van der Waals surface area contributed by atoms with Gasteiger partial charge in [0.2, 0.25) is 0 Å². The number of aromatic nitrogens is 1. The van der Waals surface area contributed by atoms with E-state index in [0.717, 1.165) is 23.9 Å². The Balaban J connectivity index is 1.68. The molecule has 3 atom stereocenters. The molecule has 2 aromatic rings. The lowest BCUT2D eigenvalue weighted by Gasteiger charge is -2.31. The van der Waals surface area contributed by atoms with Gasteiger partial charge in [-0.15, -0.1) is 0 Å². The summed E-state index contributed by atoms with van der Waals surface area (Å²) in [4.78, 5) is 16.6. The van der Waals surface area contributed by atoms with Crippen LogP contribution in [0.1, 0.15) is 59.9 Å². The molecular formula is C22H29NO4.